The predicted octanol–water partition coefficient (Wildman–Crippen LogP) is 3.96. The third-order valence-electron chi connectivity index (χ3n) is 5.18. The Labute approximate surface area is 181 Å². The molecule has 0 unspecified atom stereocenters. The molecule has 0 aliphatic carbocycles. The summed E-state index contributed by atoms with van der Waals surface area (Å²) in [5.74, 6) is 0.274. The van der Waals surface area contributed by atoms with E-state index in [2.05, 4.69) is 24.3 Å². The van der Waals surface area contributed by atoms with E-state index in [0.29, 0.717) is 41.5 Å². The predicted molar refractivity (Wildman–Crippen MR) is 122 cm³/mol. The second-order valence-corrected chi connectivity index (χ2v) is 8.08. The Hall–Kier alpha value is -3.67. The van der Waals surface area contributed by atoms with Gasteiger partial charge < -0.3 is 9.88 Å². The Bertz CT molecular complexity index is 1190. The summed E-state index contributed by atoms with van der Waals surface area (Å²) in [6.45, 7) is 5.37. The van der Waals surface area contributed by atoms with Gasteiger partial charge in [0.2, 0.25) is 0 Å². The van der Waals surface area contributed by atoms with Crippen LogP contribution in [0.1, 0.15) is 36.2 Å². The summed E-state index contributed by atoms with van der Waals surface area (Å²) in [7, 11) is 0. The fourth-order valence-electron chi connectivity index (χ4n) is 3.53. The number of fused-ring (bicyclic) bond motifs is 1. The zero-order chi connectivity index (χ0) is 21.8. The molecule has 2 heterocycles. The highest BCUT2D eigenvalue weighted by Crippen LogP contribution is 2.23. The first-order chi connectivity index (χ1) is 15.0. The van der Waals surface area contributed by atoms with Gasteiger partial charge in [-0.2, -0.15) is 9.78 Å². The average Bonchev–Trinajstić information content (AvgIpc) is 3.11. The molecule has 0 fully saturated rings. The Morgan fingerprint density at radius 1 is 1.00 bits per heavy atom. The van der Waals surface area contributed by atoms with Crippen LogP contribution in [-0.2, 0) is 6.54 Å². The molecule has 158 valence electrons. The molecule has 6 heteroatoms. The third-order valence-corrected chi connectivity index (χ3v) is 5.18. The largest absolute Gasteiger partial charge is 0.352 e. The van der Waals surface area contributed by atoms with E-state index in [1.807, 2.05) is 65.2 Å². The van der Waals surface area contributed by atoms with Crippen LogP contribution < -0.4 is 10.9 Å². The Morgan fingerprint density at radius 3 is 2.35 bits per heavy atom. The van der Waals surface area contributed by atoms with E-state index in [1.165, 1.54) is 4.68 Å². The SMILES string of the molecule is CC(C)CCNC(=O)c1cn(Cc2ccccc2)cc2c(=O)n(-c3ccccc3)nc1-2. The lowest BCUT2D eigenvalue weighted by Crippen LogP contribution is -2.27. The molecule has 0 bridgehead atoms. The first kappa shape index (κ1) is 20.6. The molecule has 6 nitrogen and oxygen atoms in total. The molecular weight excluding hydrogens is 388 g/mol. The van der Waals surface area contributed by atoms with Crippen LogP contribution in [0.4, 0.5) is 0 Å². The molecule has 1 N–H and O–H groups in total. The van der Waals surface area contributed by atoms with E-state index >= 15 is 0 Å². The highest BCUT2D eigenvalue weighted by Gasteiger charge is 2.24. The summed E-state index contributed by atoms with van der Waals surface area (Å²) >= 11 is 0. The number of benzene rings is 2. The lowest BCUT2D eigenvalue weighted by Gasteiger charge is -2.13. The fourth-order valence-corrected chi connectivity index (χ4v) is 3.53. The van der Waals surface area contributed by atoms with Crippen molar-refractivity contribution in [2.24, 2.45) is 5.92 Å². The first-order valence-corrected chi connectivity index (χ1v) is 10.5. The van der Waals surface area contributed by atoms with Gasteiger partial charge in [-0.3, -0.25) is 9.59 Å². The maximum Gasteiger partial charge on any atom is 0.282 e. The highest BCUT2D eigenvalue weighted by molar-refractivity contribution is 5.99. The second-order valence-electron chi connectivity index (χ2n) is 8.08. The highest BCUT2D eigenvalue weighted by atomic mass is 16.2. The van der Waals surface area contributed by atoms with Gasteiger partial charge in [0, 0.05) is 25.5 Å². The Balaban J connectivity index is 1.78. The number of para-hydroxylation sites is 1. The van der Waals surface area contributed by atoms with E-state index in [9.17, 15) is 9.59 Å². The van der Waals surface area contributed by atoms with E-state index in [4.69, 9.17) is 0 Å². The molecule has 2 aliphatic heterocycles. The van der Waals surface area contributed by atoms with Gasteiger partial charge in [-0.15, -0.1) is 0 Å². The lowest BCUT2D eigenvalue weighted by atomic mass is 10.1. The topological polar surface area (TPSA) is 68.9 Å². The number of nitrogens with one attached hydrogen (secondary N) is 1. The van der Waals surface area contributed by atoms with Crippen molar-refractivity contribution in [2.45, 2.75) is 26.8 Å². The molecule has 31 heavy (non-hydrogen) atoms. The number of rotatable bonds is 7. The van der Waals surface area contributed by atoms with Crippen LogP contribution in [0.25, 0.3) is 16.9 Å². The van der Waals surface area contributed by atoms with Crippen molar-refractivity contribution in [3.05, 3.63) is 94.5 Å². The molecule has 2 aromatic carbocycles. The number of hydrogen-bond acceptors (Lipinski definition) is 3. The lowest BCUT2D eigenvalue weighted by molar-refractivity contribution is 0.0951. The van der Waals surface area contributed by atoms with Crippen LogP contribution in [0, 0.1) is 5.92 Å². The monoisotopic (exact) mass is 414 g/mol. The van der Waals surface area contributed by atoms with Crippen LogP contribution in [0.3, 0.4) is 0 Å². The zero-order valence-corrected chi connectivity index (χ0v) is 17.8. The van der Waals surface area contributed by atoms with Crippen LogP contribution >= 0.6 is 0 Å². The summed E-state index contributed by atoms with van der Waals surface area (Å²) in [4.78, 5) is 26.2. The van der Waals surface area contributed by atoms with Crippen LogP contribution in [-0.4, -0.2) is 26.8 Å². The molecule has 2 aromatic rings. The zero-order valence-electron chi connectivity index (χ0n) is 17.8. The number of nitrogens with zero attached hydrogens (tertiary/aromatic N) is 3. The van der Waals surface area contributed by atoms with Crippen molar-refractivity contribution >= 4 is 5.91 Å². The van der Waals surface area contributed by atoms with Crippen molar-refractivity contribution in [1.29, 1.82) is 0 Å². The summed E-state index contributed by atoms with van der Waals surface area (Å²) in [5.41, 5.74) is 2.77. The van der Waals surface area contributed by atoms with E-state index < -0.39 is 0 Å². The molecule has 0 atom stereocenters. The van der Waals surface area contributed by atoms with Gasteiger partial charge in [-0.1, -0.05) is 62.4 Å². The van der Waals surface area contributed by atoms with Crippen molar-refractivity contribution < 1.29 is 4.79 Å². The molecule has 0 radical (unpaired) electrons. The van der Waals surface area contributed by atoms with E-state index in [1.54, 1.807) is 12.4 Å². The maximum atomic E-state index is 13.2. The number of aromatic nitrogens is 3. The van der Waals surface area contributed by atoms with Gasteiger partial charge >= 0.3 is 0 Å². The van der Waals surface area contributed by atoms with Crippen LogP contribution in [0.15, 0.2) is 77.9 Å². The summed E-state index contributed by atoms with van der Waals surface area (Å²) in [6.07, 6.45) is 4.45. The van der Waals surface area contributed by atoms with E-state index in [0.717, 1.165) is 12.0 Å². The smallest absolute Gasteiger partial charge is 0.282 e. The van der Waals surface area contributed by atoms with Crippen molar-refractivity contribution in [2.75, 3.05) is 6.54 Å². The molecule has 0 saturated carbocycles. The maximum absolute atomic E-state index is 13.2. The Morgan fingerprint density at radius 2 is 1.68 bits per heavy atom. The molecule has 1 amide bonds. The Kier molecular flexibility index (Phi) is 5.98. The minimum Gasteiger partial charge on any atom is -0.352 e. The summed E-state index contributed by atoms with van der Waals surface area (Å²) in [5, 5.41) is 7.50. The van der Waals surface area contributed by atoms with Gasteiger partial charge in [0.1, 0.15) is 5.69 Å². The van der Waals surface area contributed by atoms with Gasteiger partial charge in [-0.05, 0) is 30.0 Å². The number of amides is 1. The van der Waals surface area contributed by atoms with E-state index in [-0.39, 0.29) is 11.5 Å². The first-order valence-electron chi connectivity index (χ1n) is 10.5. The van der Waals surface area contributed by atoms with Crippen molar-refractivity contribution in [3.63, 3.8) is 0 Å². The number of carbonyl (C=O) groups is 1. The molecule has 0 spiro atoms. The fraction of sp³-hybridized carbons (Fsp3) is 0.240. The van der Waals surface area contributed by atoms with Gasteiger partial charge in [-0.25, -0.2) is 0 Å². The average molecular weight is 415 g/mol. The number of carbonyl (C=O) groups excluding carboxylic acids is 1. The third kappa shape index (κ3) is 4.58. The quantitative estimate of drug-likeness (QED) is 0.498. The van der Waals surface area contributed by atoms with Gasteiger partial charge in [0.15, 0.2) is 0 Å². The minimum absolute atomic E-state index is 0.217. The van der Waals surface area contributed by atoms with Crippen molar-refractivity contribution in [3.8, 4) is 16.9 Å². The van der Waals surface area contributed by atoms with Gasteiger partial charge in [0.25, 0.3) is 11.5 Å². The normalized spacial score (nSPS) is 11.2. The second kappa shape index (κ2) is 9.00. The van der Waals surface area contributed by atoms with Crippen LogP contribution in [0.2, 0.25) is 0 Å². The molecular formula is C25H26N4O2. The van der Waals surface area contributed by atoms with Gasteiger partial charge in [0.05, 0.1) is 16.8 Å². The molecule has 4 rings (SSSR count). The number of pyridine rings is 1. The molecule has 0 aromatic heterocycles. The summed E-state index contributed by atoms with van der Waals surface area (Å²) < 4.78 is 3.25. The van der Waals surface area contributed by atoms with Crippen LogP contribution in [0.5, 0.6) is 0 Å². The molecule has 2 aliphatic rings. The standard InChI is InChI=1S/C25H26N4O2/c1-18(2)13-14-26-24(30)21-16-28(15-19-9-5-3-6-10-19)17-22-23(21)27-29(25(22)31)20-11-7-4-8-12-20/h3-12,16-18H,13-15H2,1-2H3,(H,26,30). The summed E-state index contributed by atoms with van der Waals surface area (Å²) in [6, 6.07) is 19.2. The minimum atomic E-state index is -0.236. The molecule has 0 saturated heterocycles. The van der Waals surface area contributed by atoms with Crippen molar-refractivity contribution in [1.82, 2.24) is 19.7 Å². The number of hydrogen-bond donors (Lipinski definition) is 1.